The Morgan fingerprint density at radius 2 is 1.88 bits per heavy atom. The molecule has 178 valence electrons. The van der Waals surface area contributed by atoms with Gasteiger partial charge < -0.3 is 20.3 Å². The highest BCUT2D eigenvalue weighted by molar-refractivity contribution is 6.07. The summed E-state index contributed by atoms with van der Waals surface area (Å²) in [4.78, 5) is 40.6. The van der Waals surface area contributed by atoms with Gasteiger partial charge in [0.15, 0.2) is 5.69 Å². The van der Waals surface area contributed by atoms with Gasteiger partial charge in [-0.3, -0.25) is 9.59 Å². The number of aromatic nitrogens is 2. The van der Waals surface area contributed by atoms with Crippen molar-refractivity contribution in [3.63, 3.8) is 0 Å². The fourth-order valence-electron chi connectivity index (χ4n) is 4.74. The van der Waals surface area contributed by atoms with Gasteiger partial charge in [-0.2, -0.15) is 9.78 Å². The normalized spacial score (nSPS) is 22.1. The van der Waals surface area contributed by atoms with Gasteiger partial charge in [0.1, 0.15) is 0 Å². The Labute approximate surface area is 193 Å². The lowest BCUT2D eigenvalue weighted by atomic mass is 9.84. The molecule has 0 aliphatic carbocycles. The summed E-state index contributed by atoms with van der Waals surface area (Å²) in [5.41, 5.74) is 1.42. The van der Waals surface area contributed by atoms with Crippen LogP contribution in [0.25, 0.3) is 10.9 Å². The number of hydrogen-bond acceptors (Lipinski definition) is 6. The molecule has 9 nitrogen and oxygen atoms in total. The van der Waals surface area contributed by atoms with Crippen molar-refractivity contribution in [2.24, 2.45) is 5.92 Å². The molecule has 3 aliphatic heterocycles. The van der Waals surface area contributed by atoms with Crippen LogP contribution in [0.15, 0.2) is 18.2 Å². The summed E-state index contributed by atoms with van der Waals surface area (Å²) in [7, 11) is 0. The maximum absolute atomic E-state index is 13.3. The van der Waals surface area contributed by atoms with Gasteiger partial charge in [-0.15, -0.1) is 0 Å². The molecule has 2 amide bonds. The summed E-state index contributed by atoms with van der Waals surface area (Å²) in [6.45, 7) is 10.3. The van der Waals surface area contributed by atoms with Gasteiger partial charge in [0.05, 0.1) is 18.0 Å². The molecule has 2 aromatic rings. The van der Waals surface area contributed by atoms with E-state index in [1.165, 1.54) is 4.68 Å². The van der Waals surface area contributed by atoms with Crippen molar-refractivity contribution in [3.05, 3.63) is 29.5 Å². The Morgan fingerprint density at radius 3 is 2.48 bits per heavy atom. The van der Waals surface area contributed by atoms with Crippen molar-refractivity contribution >= 4 is 28.8 Å². The lowest BCUT2D eigenvalue weighted by Crippen LogP contribution is -2.57. The van der Waals surface area contributed by atoms with Crippen molar-refractivity contribution in [1.82, 2.24) is 25.3 Å². The number of esters is 1. The highest BCUT2D eigenvalue weighted by atomic mass is 16.5. The third-order valence-electron chi connectivity index (χ3n) is 6.25. The predicted octanol–water partition coefficient (Wildman–Crippen LogP) is 2.32. The lowest BCUT2D eigenvalue weighted by molar-refractivity contribution is -0.146. The van der Waals surface area contributed by atoms with Gasteiger partial charge in [-0.1, -0.05) is 6.07 Å². The lowest BCUT2D eigenvalue weighted by Gasteiger charge is -2.44. The average molecular weight is 456 g/mol. The Morgan fingerprint density at radius 1 is 1.15 bits per heavy atom. The average Bonchev–Trinajstić information content (AvgIpc) is 3.12. The van der Waals surface area contributed by atoms with E-state index in [2.05, 4.69) is 20.6 Å². The minimum absolute atomic E-state index is 0.0777. The number of amides is 2. The number of rotatable bonds is 6. The molecular formula is C24H33N5O4. The Kier molecular flexibility index (Phi) is 6.69. The van der Waals surface area contributed by atoms with Crippen LogP contribution in [0.4, 0.5) is 4.79 Å². The molecule has 0 unspecified atom stereocenters. The van der Waals surface area contributed by atoms with Crippen LogP contribution in [0.5, 0.6) is 0 Å². The largest absolute Gasteiger partial charge is 0.463 e. The van der Waals surface area contributed by atoms with Crippen LogP contribution in [0.3, 0.4) is 0 Å². The first kappa shape index (κ1) is 23.2. The minimum Gasteiger partial charge on any atom is -0.463 e. The van der Waals surface area contributed by atoms with E-state index in [0.29, 0.717) is 22.4 Å². The number of carbonyl (C=O) groups is 3. The van der Waals surface area contributed by atoms with Gasteiger partial charge in [-0.05, 0) is 77.2 Å². The zero-order valence-electron chi connectivity index (χ0n) is 19.8. The maximum atomic E-state index is 13.3. The number of nitrogens with zero attached hydrogens (tertiary/aromatic N) is 3. The first-order valence-corrected chi connectivity index (χ1v) is 11.8. The van der Waals surface area contributed by atoms with E-state index in [4.69, 9.17) is 4.74 Å². The first-order chi connectivity index (χ1) is 15.7. The number of carbonyl (C=O) groups excluding carboxylic acids is 3. The van der Waals surface area contributed by atoms with Crippen LogP contribution in [-0.4, -0.2) is 70.4 Å². The molecule has 2 bridgehead atoms. The molecule has 4 heterocycles. The van der Waals surface area contributed by atoms with E-state index in [1.54, 1.807) is 32.0 Å². The van der Waals surface area contributed by atoms with E-state index in [1.807, 2.05) is 13.8 Å². The van der Waals surface area contributed by atoms with Gasteiger partial charge in [-0.25, -0.2) is 4.79 Å². The fourth-order valence-corrected chi connectivity index (χ4v) is 4.74. The summed E-state index contributed by atoms with van der Waals surface area (Å²) < 4.78 is 6.49. The predicted molar refractivity (Wildman–Crippen MR) is 124 cm³/mol. The smallest absolute Gasteiger partial charge is 0.342 e. The highest BCUT2D eigenvalue weighted by Gasteiger charge is 2.35. The number of benzene rings is 1. The maximum Gasteiger partial charge on any atom is 0.342 e. The van der Waals surface area contributed by atoms with Gasteiger partial charge >= 0.3 is 12.0 Å². The third-order valence-corrected chi connectivity index (χ3v) is 6.25. The monoisotopic (exact) mass is 455 g/mol. The van der Waals surface area contributed by atoms with E-state index in [-0.39, 0.29) is 42.2 Å². The van der Waals surface area contributed by atoms with E-state index < -0.39 is 6.03 Å². The van der Waals surface area contributed by atoms with Crippen LogP contribution < -0.4 is 10.6 Å². The second-order valence-corrected chi connectivity index (χ2v) is 9.65. The molecule has 1 atom stereocenters. The molecule has 5 rings (SSSR count). The first-order valence-electron chi connectivity index (χ1n) is 11.8. The number of fused-ring (bicyclic) bond motifs is 4. The number of nitrogens with one attached hydrogen (secondary N) is 2. The van der Waals surface area contributed by atoms with Crippen LogP contribution >= 0.6 is 0 Å². The van der Waals surface area contributed by atoms with E-state index in [0.717, 1.165) is 32.5 Å². The van der Waals surface area contributed by atoms with Crippen LogP contribution in [0.1, 0.15) is 56.6 Å². The summed E-state index contributed by atoms with van der Waals surface area (Å²) in [6.07, 6.45) is 2.04. The molecule has 9 heteroatoms. The summed E-state index contributed by atoms with van der Waals surface area (Å²) in [6, 6.07) is 4.85. The molecule has 1 aromatic heterocycles. The Bertz CT molecular complexity index is 1050. The van der Waals surface area contributed by atoms with Crippen LogP contribution in [0.2, 0.25) is 0 Å². The quantitative estimate of drug-likeness (QED) is 0.648. The molecule has 1 aromatic carbocycles. The molecule has 2 N–H and O–H groups in total. The van der Waals surface area contributed by atoms with E-state index >= 15 is 0 Å². The third kappa shape index (κ3) is 5.19. The van der Waals surface area contributed by atoms with Gasteiger partial charge in [0.2, 0.25) is 0 Å². The highest BCUT2D eigenvalue weighted by Crippen LogP contribution is 2.28. The van der Waals surface area contributed by atoms with Crippen molar-refractivity contribution in [2.75, 3.05) is 19.6 Å². The second kappa shape index (κ2) is 9.51. The zero-order chi connectivity index (χ0) is 23.7. The number of piperidine rings is 3. The molecule has 33 heavy (non-hydrogen) atoms. The van der Waals surface area contributed by atoms with E-state index in [9.17, 15) is 14.4 Å². The summed E-state index contributed by atoms with van der Waals surface area (Å²) in [5, 5.41) is 10.9. The van der Waals surface area contributed by atoms with Crippen molar-refractivity contribution in [2.45, 2.75) is 65.1 Å². The number of hydrogen-bond donors (Lipinski definition) is 2. The Balaban J connectivity index is 1.65. The molecule has 3 fully saturated rings. The van der Waals surface area contributed by atoms with Crippen LogP contribution in [-0.2, 0) is 16.0 Å². The van der Waals surface area contributed by atoms with Crippen LogP contribution in [0, 0.1) is 5.92 Å². The van der Waals surface area contributed by atoms with Crippen molar-refractivity contribution in [1.29, 1.82) is 0 Å². The van der Waals surface area contributed by atoms with Gasteiger partial charge in [0.25, 0.3) is 5.91 Å². The minimum atomic E-state index is -0.399. The zero-order valence-corrected chi connectivity index (χ0v) is 19.8. The summed E-state index contributed by atoms with van der Waals surface area (Å²) >= 11 is 0. The topological polar surface area (TPSA) is 106 Å². The molecule has 0 saturated carbocycles. The SMILES string of the molecule is CC(C)NC(=O)n1nc(C(=O)N[C@H]2CN3CCC2CC3)c2cc(CC(=O)OC(C)C)ccc21. The second-order valence-electron chi connectivity index (χ2n) is 9.65. The Hall–Kier alpha value is -2.94. The molecule has 0 spiro atoms. The van der Waals surface area contributed by atoms with Crippen molar-refractivity contribution < 1.29 is 19.1 Å². The summed E-state index contributed by atoms with van der Waals surface area (Å²) in [5.74, 6) is -0.165. The standard InChI is InChI=1S/C24H33N5O4/c1-14(2)25-24(32)29-20-6-5-16(12-21(30)33-15(3)4)11-18(20)22(27-29)23(31)26-19-13-28-9-7-17(19)8-10-28/h5-6,11,14-15,17,19H,7-10,12-13H2,1-4H3,(H,25,32)(H,26,31)/t19-/m0/s1. The molecule has 3 saturated heterocycles. The molecule has 0 radical (unpaired) electrons. The number of ether oxygens (including phenoxy) is 1. The fraction of sp³-hybridized carbons (Fsp3) is 0.583. The molecular weight excluding hydrogens is 422 g/mol. The molecule has 3 aliphatic rings. The van der Waals surface area contributed by atoms with Gasteiger partial charge in [0, 0.05) is 24.0 Å². The van der Waals surface area contributed by atoms with Crippen molar-refractivity contribution in [3.8, 4) is 0 Å².